The molecule has 1 aromatic heterocycles. The number of piperazine rings is 1. The lowest BCUT2D eigenvalue weighted by molar-refractivity contribution is -0.127. The highest BCUT2D eigenvalue weighted by molar-refractivity contribution is 5.95. The number of furan rings is 1. The van der Waals surface area contributed by atoms with Gasteiger partial charge in [-0.2, -0.15) is 0 Å². The molecule has 1 saturated heterocycles. The zero-order chi connectivity index (χ0) is 20.5. The van der Waals surface area contributed by atoms with Gasteiger partial charge in [-0.25, -0.2) is 4.39 Å². The summed E-state index contributed by atoms with van der Waals surface area (Å²) in [5.74, 6) is 0.928. The Hall–Kier alpha value is -2.67. The fourth-order valence-electron chi connectivity index (χ4n) is 3.88. The van der Waals surface area contributed by atoms with Crippen LogP contribution in [0.2, 0.25) is 0 Å². The predicted molar refractivity (Wildman–Crippen MR) is 106 cm³/mol. The van der Waals surface area contributed by atoms with Crippen LogP contribution in [0.15, 0.2) is 34.7 Å². The molecule has 29 heavy (non-hydrogen) atoms. The van der Waals surface area contributed by atoms with Gasteiger partial charge >= 0.3 is 0 Å². The van der Waals surface area contributed by atoms with Crippen LogP contribution in [0.3, 0.4) is 0 Å². The van der Waals surface area contributed by atoms with Crippen LogP contribution < -0.4 is 5.32 Å². The number of nitrogens with one attached hydrogen (secondary N) is 1. The minimum Gasteiger partial charge on any atom is -0.466 e. The Bertz CT molecular complexity index is 897. The highest BCUT2D eigenvalue weighted by Crippen LogP contribution is 2.27. The molecule has 1 unspecified atom stereocenters. The van der Waals surface area contributed by atoms with E-state index in [4.69, 9.17) is 4.42 Å². The lowest BCUT2D eigenvalue weighted by atomic mass is 10.0. The number of rotatable bonds is 5. The maximum Gasteiger partial charge on any atom is 0.257 e. The van der Waals surface area contributed by atoms with E-state index in [0.717, 1.165) is 24.2 Å². The SMILES string of the molecule is Cc1cc(C(=O)N2CCN(C(C(=O)NC3CC3)c3ccc(F)cc3)CC2)c(C)o1. The van der Waals surface area contributed by atoms with E-state index in [1.807, 2.05) is 6.92 Å². The standard InChI is InChI=1S/C22H26FN3O3/c1-14-13-19(15(2)29-14)22(28)26-11-9-25(10-12-26)20(21(27)24-18-7-8-18)16-3-5-17(23)6-4-16/h3-6,13,18,20H,7-12H2,1-2H3,(H,24,27). The van der Waals surface area contributed by atoms with Gasteiger partial charge in [0.25, 0.3) is 5.91 Å². The number of hydrogen-bond acceptors (Lipinski definition) is 4. The molecule has 0 bridgehead atoms. The molecule has 1 saturated carbocycles. The molecule has 1 N–H and O–H groups in total. The topological polar surface area (TPSA) is 65.8 Å². The van der Waals surface area contributed by atoms with Crippen molar-refractivity contribution in [3.05, 3.63) is 58.8 Å². The van der Waals surface area contributed by atoms with Crippen molar-refractivity contribution in [3.63, 3.8) is 0 Å². The Morgan fingerprint density at radius 3 is 2.31 bits per heavy atom. The molecule has 1 atom stereocenters. The Kier molecular flexibility index (Phi) is 5.41. The van der Waals surface area contributed by atoms with Crippen molar-refractivity contribution in [2.24, 2.45) is 0 Å². The van der Waals surface area contributed by atoms with Crippen LogP contribution in [0, 0.1) is 19.7 Å². The smallest absolute Gasteiger partial charge is 0.257 e. The summed E-state index contributed by atoms with van der Waals surface area (Å²) in [7, 11) is 0. The van der Waals surface area contributed by atoms with Gasteiger partial charge in [0.05, 0.1) is 5.56 Å². The van der Waals surface area contributed by atoms with Gasteiger partial charge < -0.3 is 14.6 Å². The summed E-state index contributed by atoms with van der Waals surface area (Å²) >= 11 is 0. The van der Waals surface area contributed by atoms with Crippen LogP contribution >= 0.6 is 0 Å². The number of halogens is 1. The van der Waals surface area contributed by atoms with Crippen LogP contribution in [0.1, 0.15) is 46.3 Å². The van der Waals surface area contributed by atoms with E-state index >= 15 is 0 Å². The minimum atomic E-state index is -0.480. The number of carbonyl (C=O) groups excluding carboxylic acids is 2. The van der Waals surface area contributed by atoms with Gasteiger partial charge in [-0.1, -0.05) is 12.1 Å². The molecule has 1 aromatic carbocycles. The summed E-state index contributed by atoms with van der Waals surface area (Å²) < 4.78 is 18.9. The van der Waals surface area contributed by atoms with Crippen LogP contribution in [-0.4, -0.2) is 53.8 Å². The average molecular weight is 399 g/mol. The van der Waals surface area contributed by atoms with E-state index in [9.17, 15) is 14.0 Å². The first kappa shape index (κ1) is 19.6. The maximum absolute atomic E-state index is 13.4. The minimum absolute atomic E-state index is 0.0419. The number of nitrogens with zero attached hydrogens (tertiary/aromatic N) is 2. The van der Waals surface area contributed by atoms with Crippen molar-refractivity contribution in [3.8, 4) is 0 Å². The van der Waals surface area contributed by atoms with E-state index in [2.05, 4.69) is 10.2 Å². The van der Waals surface area contributed by atoms with Crippen molar-refractivity contribution < 1.29 is 18.4 Å². The fraction of sp³-hybridized carbons (Fsp3) is 0.455. The number of aryl methyl sites for hydroxylation is 2. The number of benzene rings is 1. The second-order valence-corrected chi connectivity index (χ2v) is 7.89. The highest BCUT2D eigenvalue weighted by atomic mass is 19.1. The molecule has 2 fully saturated rings. The molecule has 2 aromatic rings. The first-order valence-electron chi connectivity index (χ1n) is 10.1. The third kappa shape index (κ3) is 4.34. The summed E-state index contributed by atoms with van der Waals surface area (Å²) in [6.45, 7) is 5.81. The Morgan fingerprint density at radius 2 is 1.76 bits per heavy atom. The van der Waals surface area contributed by atoms with Gasteiger partial charge in [-0.3, -0.25) is 14.5 Å². The van der Waals surface area contributed by atoms with Gasteiger partial charge in [-0.15, -0.1) is 0 Å². The van der Waals surface area contributed by atoms with Gasteiger partial charge in [0.2, 0.25) is 5.91 Å². The number of hydrogen-bond donors (Lipinski definition) is 1. The molecule has 4 rings (SSSR count). The Balaban J connectivity index is 1.47. The first-order valence-corrected chi connectivity index (χ1v) is 10.1. The lowest BCUT2D eigenvalue weighted by Gasteiger charge is -2.38. The molecule has 1 aliphatic carbocycles. The molecular weight excluding hydrogens is 373 g/mol. The van der Waals surface area contributed by atoms with Crippen molar-refractivity contribution in [1.82, 2.24) is 15.1 Å². The van der Waals surface area contributed by atoms with E-state index in [0.29, 0.717) is 37.5 Å². The number of carbonyl (C=O) groups is 2. The Morgan fingerprint density at radius 1 is 1.10 bits per heavy atom. The van der Waals surface area contributed by atoms with Gasteiger partial charge in [0, 0.05) is 32.2 Å². The summed E-state index contributed by atoms with van der Waals surface area (Å²) in [6, 6.07) is 7.65. The van der Waals surface area contributed by atoms with Crippen LogP contribution in [0.4, 0.5) is 4.39 Å². The van der Waals surface area contributed by atoms with Crippen molar-refractivity contribution in [1.29, 1.82) is 0 Å². The highest BCUT2D eigenvalue weighted by Gasteiger charge is 2.35. The largest absolute Gasteiger partial charge is 0.466 e. The van der Waals surface area contributed by atoms with Gasteiger partial charge in [0.1, 0.15) is 23.4 Å². The molecule has 6 nitrogen and oxygen atoms in total. The first-order chi connectivity index (χ1) is 13.9. The van der Waals surface area contributed by atoms with E-state index in [-0.39, 0.29) is 23.7 Å². The van der Waals surface area contributed by atoms with Crippen LogP contribution in [-0.2, 0) is 4.79 Å². The molecule has 2 heterocycles. The summed E-state index contributed by atoms with van der Waals surface area (Å²) in [4.78, 5) is 29.6. The third-order valence-corrected chi connectivity index (χ3v) is 5.60. The normalized spacial score (nSPS) is 18.5. The van der Waals surface area contributed by atoms with Gasteiger partial charge in [0.15, 0.2) is 0 Å². The van der Waals surface area contributed by atoms with Crippen LogP contribution in [0.5, 0.6) is 0 Å². The molecule has 1 aliphatic heterocycles. The van der Waals surface area contributed by atoms with Crippen molar-refractivity contribution in [2.45, 2.75) is 38.8 Å². The quantitative estimate of drug-likeness (QED) is 0.840. The lowest BCUT2D eigenvalue weighted by Crippen LogP contribution is -2.52. The van der Waals surface area contributed by atoms with Crippen molar-refractivity contribution in [2.75, 3.05) is 26.2 Å². The third-order valence-electron chi connectivity index (χ3n) is 5.60. The van der Waals surface area contributed by atoms with E-state index < -0.39 is 6.04 Å². The monoisotopic (exact) mass is 399 g/mol. The van der Waals surface area contributed by atoms with Crippen molar-refractivity contribution >= 4 is 11.8 Å². The van der Waals surface area contributed by atoms with E-state index in [1.54, 1.807) is 30.0 Å². The molecule has 7 heteroatoms. The predicted octanol–water partition coefficient (Wildman–Crippen LogP) is 2.81. The maximum atomic E-state index is 13.4. The zero-order valence-corrected chi connectivity index (χ0v) is 16.8. The number of amides is 2. The van der Waals surface area contributed by atoms with Gasteiger partial charge in [-0.05, 0) is 50.5 Å². The molecule has 2 amide bonds. The van der Waals surface area contributed by atoms with E-state index in [1.165, 1.54) is 12.1 Å². The Labute approximate surface area is 169 Å². The molecule has 2 aliphatic rings. The second kappa shape index (κ2) is 7.99. The summed E-state index contributed by atoms with van der Waals surface area (Å²) in [6.07, 6.45) is 2.02. The molecule has 154 valence electrons. The summed E-state index contributed by atoms with van der Waals surface area (Å²) in [5, 5.41) is 3.07. The summed E-state index contributed by atoms with van der Waals surface area (Å²) in [5.41, 5.74) is 1.36. The van der Waals surface area contributed by atoms with Crippen LogP contribution in [0.25, 0.3) is 0 Å². The molecule has 0 spiro atoms. The zero-order valence-electron chi connectivity index (χ0n) is 16.8. The fourth-order valence-corrected chi connectivity index (χ4v) is 3.88. The second-order valence-electron chi connectivity index (χ2n) is 7.89. The molecule has 0 radical (unpaired) electrons. The average Bonchev–Trinajstić information content (AvgIpc) is 3.45. The molecular formula is C22H26FN3O3.